The van der Waals surface area contributed by atoms with Crippen molar-refractivity contribution in [2.45, 2.75) is 70.8 Å². The van der Waals surface area contributed by atoms with Crippen molar-refractivity contribution in [1.82, 2.24) is 0 Å². The van der Waals surface area contributed by atoms with E-state index >= 15 is 0 Å². The Labute approximate surface area is 153 Å². The number of unbranched alkanes of at least 4 members (excludes halogenated alkanes) is 8. The van der Waals surface area contributed by atoms with Crippen LogP contribution >= 0.6 is 0 Å². The van der Waals surface area contributed by atoms with E-state index in [1.54, 1.807) is 0 Å². The van der Waals surface area contributed by atoms with Gasteiger partial charge in [-0.1, -0.05) is 68.9 Å². The minimum Gasteiger partial charge on any atom is -0.396 e. The van der Waals surface area contributed by atoms with Gasteiger partial charge in [-0.15, -0.1) is 0 Å². The Balaban J connectivity index is 0.000000547. The normalized spacial score (nSPS) is 10.4. The van der Waals surface area contributed by atoms with E-state index < -0.39 is 0 Å². The Hall–Kier alpha value is -0.940. The van der Waals surface area contributed by atoms with Crippen molar-refractivity contribution < 1.29 is 20.1 Å². The number of rotatable bonds is 15. The molecule has 0 saturated heterocycles. The van der Waals surface area contributed by atoms with Crippen LogP contribution in [0.5, 0.6) is 0 Å². The maximum absolute atomic E-state index is 8.61. The van der Waals surface area contributed by atoms with E-state index in [1.165, 1.54) is 18.4 Å². The monoisotopic (exact) mass is 354 g/mol. The van der Waals surface area contributed by atoms with Crippen molar-refractivity contribution >= 4 is 0 Å². The lowest BCUT2D eigenvalue weighted by molar-refractivity contribution is 0.116. The second kappa shape index (κ2) is 21.1. The Morgan fingerprint density at radius 1 is 0.560 bits per heavy atom. The molecule has 1 rings (SSSR count). The highest BCUT2D eigenvalue weighted by atomic mass is 16.5. The maximum atomic E-state index is 8.61. The smallest absolute Gasteiger partial charge is 0.0716 e. The predicted octanol–water partition coefficient (Wildman–Crippen LogP) is 4.07. The van der Waals surface area contributed by atoms with Crippen LogP contribution in [0.25, 0.3) is 0 Å². The highest BCUT2D eigenvalue weighted by molar-refractivity contribution is 5.13. The van der Waals surface area contributed by atoms with Crippen LogP contribution in [0.4, 0.5) is 0 Å². The van der Waals surface area contributed by atoms with Crippen molar-refractivity contribution in [1.29, 1.82) is 0 Å². The number of hydrogen-bond acceptors (Lipinski definition) is 4. The van der Waals surface area contributed by atoms with E-state index in [1.807, 2.05) is 18.2 Å². The lowest BCUT2D eigenvalue weighted by atomic mass is 10.1. The fraction of sp³-hybridized carbons (Fsp3) is 0.714. The third-order valence-corrected chi connectivity index (χ3v) is 3.87. The van der Waals surface area contributed by atoms with Crippen molar-refractivity contribution in [3.05, 3.63) is 35.9 Å². The minimum absolute atomic E-state index is 0.305. The molecule has 0 bridgehead atoms. The van der Waals surface area contributed by atoms with Gasteiger partial charge in [0, 0.05) is 26.4 Å². The Morgan fingerprint density at radius 2 is 1.00 bits per heavy atom. The van der Waals surface area contributed by atoms with E-state index in [9.17, 15) is 0 Å². The first-order valence-corrected chi connectivity index (χ1v) is 9.79. The molecule has 1 aromatic rings. The lowest BCUT2D eigenvalue weighted by Gasteiger charge is -2.04. The molecule has 0 fully saturated rings. The molecule has 4 heteroatoms. The molecule has 0 heterocycles. The third kappa shape index (κ3) is 19.2. The highest BCUT2D eigenvalue weighted by Gasteiger charge is 1.93. The standard InChI is InChI=1S/C14H22O2.C7H16O2/c15-11-7-2-1-3-8-12-16-13-14-9-5-4-6-10-14;8-6-4-2-1-3-5-7-9/h4-6,9-10,15H,1-3,7-8,11-13H2;8-9H,1-7H2. The largest absolute Gasteiger partial charge is 0.396 e. The van der Waals surface area contributed by atoms with Crippen LogP contribution in [-0.2, 0) is 11.3 Å². The molecule has 0 saturated carbocycles. The first-order valence-electron chi connectivity index (χ1n) is 9.79. The zero-order chi connectivity index (χ0) is 18.4. The molecule has 0 aromatic heterocycles. The predicted molar refractivity (Wildman–Crippen MR) is 104 cm³/mol. The maximum Gasteiger partial charge on any atom is 0.0716 e. The van der Waals surface area contributed by atoms with Gasteiger partial charge in [-0.2, -0.15) is 0 Å². The lowest BCUT2D eigenvalue weighted by Crippen LogP contribution is -1.95. The molecule has 0 aliphatic rings. The summed E-state index contributed by atoms with van der Waals surface area (Å²) < 4.78 is 5.58. The molecule has 0 unspecified atom stereocenters. The van der Waals surface area contributed by atoms with Gasteiger partial charge in [0.25, 0.3) is 0 Å². The van der Waals surface area contributed by atoms with E-state index in [0.29, 0.717) is 19.8 Å². The molecule has 25 heavy (non-hydrogen) atoms. The molecule has 1 aromatic carbocycles. The number of aliphatic hydroxyl groups excluding tert-OH is 3. The van der Waals surface area contributed by atoms with Gasteiger partial charge < -0.3 is 20.1 Å². The number of ether oxygens (including phenoxy) is 1. The van der Waals surface area contributed by atoms with E-state index in [-0.39, 0.29) is 0 Å². The zero-order valence-electron chi connectivity index (χ0n) is 15.7. The summed E-state index contributed by atoms with van der Waals surface area (Å²) in [5.41, 5.74) is 1.24. The van der Waals surface area contributed by atoms with Crippen LogP contribution in [0.15, 0.2) is 30.3 Å². The fourth-order valence-electron chi connectivity index (χ4n) is 2.36. The summed E-state index contributed by atoms with van der Waals surface area (Å²) in [4.78, 5) is 0. The Morgan fingerprint density at radius 3 is 1.48 bits per heavy atom. The van der Waals surface area contributed by atoms with E-state index in [4.69, 9.17) is 20.1 Å². The molecule has 3 N–H and O–H groups in total. The summed E-state index contributed by atoms with van der Waals surface area (Å²) in [6.45, 7) is 2.49. The van der Waals surface area contributed by atoms with Crippen molar-refractivity contribution in [3.63, 3.8) is 0 Å². The van der Waals surface area contributed by atoms with Crippen LogP contribution in [0, 0.1) is 0 Å². The molecule has 0 atom stereocenters. The minimum atomic E-state index is 0.305. The molecule has 0 aliphatic heterocycles. The third-order valence-electron chi connectivity index (χ3n) is 3.87. The molecule has 0 radical (unpaired) electrons. The van der Waals surface area contributed by atoms with Crippen LogP contribution < -0.4 is 0 Å². The molecule has 0 spiro atoms. The van der Waals surface area contributed by atoms with Gasteiger partial charge in [0.1, 0.15) is 0 Å². The van der Waals surface area contributed by atoms with Crippen LogP contribution in [0.1, 0.15) is 69.8 Å². The van der Waals surface area contributed by atoms with Gasteiger partial charge >= 0.3 is 0 Å². The summed E-state index contributed by atoms with van der Waals surface area (Å²) in [6.07, 6.45) is 10.7. The average Bonchev–Trinajstić information content (AvgIpc) is 2.65. The number of benzene rings is 1. The van der Waals surface area contributed by atoms with Gasteiger partial charge in [-0.25, -0.2) is 0 Å². The zero-order valence-corrected chi connectivity index (χ0v) is 15.7. The van der Waals surface area contributed by atoms with Crippen LogP contribution in [0.2, 0.25) is 0 Å². The second-order valence-electron chi connectivity index (χ2n) is 6.24. The molecule has 0 aliphatic carbocycles. The Bertz CT molecular complexity index is 337. The average molecular weight is 355 g/mol. The highest BCUT2D eigenvalue weighted by Crippen LogP contribution is 2.05. The number of aliphatic hydroxyl groups is 3. The van der Waals surface area contributed by atoms with E-state index in [0.717, 1.165) is 64.6 Å². The van der Waals surface area contributed by atoms with Gasteiger partial charge in [0.15, 0.2) is 0 Å². The molecule has 4 nitrogen and oxygen atoms in total. The topological polar surface area (TPSA) is 69.9 Å². The summed E-state index contributed by atoms with van der Waals surface area (Å²) >= 11 is 0. The molecular weight excluding hydrogens is 316 g/mol. The summed E-state index contributed by atoms with van der Waals surface area (Å²) in [7, 11) is 0. The summed E-state index contributed by atoms with van der Waals surface area (Å²) in [6, 6.07) is 10.3. The second-order valence-corrected chi connectivity index (χ2v) is 6.24. The van der Waals surface area contributed by atoms with Gasteiger partial charge in [-0.05, 0) is 31.2 Å². The van der Waals surface area contributed by atoms with E-state index in [2.05, 4.69) is 12.1 Å². The molecular formula is C21H38O4. The molecule has 0 amide bonds. The summed E-state index contributed by atoms with van der Waals surface area (Å²) in [5.74, 6) is 0. The first-order chi connectivity index (χ1) is 12.3. The van der Waals surface area contributed by atoms with Crippen molar-refractivity contribution in [2.24, 2.45) is 0 Å². The van der Waals surface area contributed by atoms with Crippen LogP contribution in [-0.4, -0.2) is 41.7 Å². The fourth-order valence-corrected chi connectivity index (χ4v) is 2.36. The molecule has 146 valence electrons. The van der Waals surface area contributed by atoms with Crippen molar-refractivity contribution in [3.8, 4) is 0 Å². The quantitative estimate of drug-likeness (QED) is 0.415. The Kier molecular flexibility index (Phi) is 20.3. The van der Waals surface area contributed by atoms with Gasteiger partial charge in [0.2, 0.25) is 0 Å². The van der Waals surface area contributed by atoms with Crippen molar-refractivity contribution in [2.75, 3.05) is 26.4 Å². The van der Waals surface area contributed by atoms with Crippen LogP contribution in [0.3, 0.4) is 0 Å². The SMILES string of the molecule is OCCCCCCCO.OCCCCCCCOCc1ccccc1. The number of hydrogen-bond donors (Lipinski definition) is 3. The first kappa shape index (κ1) is 24.1. The van der Waals surface area contributed by atoms with Gasteiger partial charge in [-0.3, -0.25) is 0 Å². The van der Waals surface area contributed by atoms with Gasteiger partial charge in [0.05, 0.1) is 6.61 Å². The summed E-state index contributed by atoms with van der Waals surface area (Å²) in [5, 5.41) is 25.4.